The molecule has 0 saturated heterocycles. The molecule has 0 aromatic rings. The van der Waals surface area contributed by atoms with E-state index >= 15 is 0 Å². The monoisotopic (exact) mass is 199 g/mol. The molecule has 0 unspecified atom stereocenters. The summed E-state index contributed by atoms with van der Waals surface area (Å²) in [6, 6.07) is 0. The Bertz CT molecular complexity index is 19.5. The first kappa shape index (κ1) is 6.69. The molecule has 0 bridgehead atoms. The molecule has 1 nitrogen and oxygen atoms in total. The van der Waals surface area contributed by atoms with E-state index in [2.05, 4.69) is 22.6 Å². The van der Waals surface area contributed by atoms with Gasteiger partial charge < -0.3 is 5.11 Å². The average Bonchev–Trinajstić information content (AvgIpc) is 1.61. The van der Waals surface area contributed by atoms with Gasteiger partial charge in [0, 0.05) is 0 Å². The topological polar surface area (TPSA) is 23.1 Å². The molecule has 0 fully saturated rings. The highest BCUT2D eigenvalue weighted by molar-refractivity contribution is 14.1. The van der Waals surface area contributed by atoms with Crippen LogP contribution in [-0.4, -0.2) is 11.0 Å². The fraction of sp³-hybridized carbons (Fsp3) is 1.00. The zero-order valence-electron chi connectivity index (χ0n) is 3.61. The number of halogens is 1. The second-order valence-electron chi connectivity index (χ2n) is 1.10. The van der Waals surface area contributed by atoms with Gasteiger partial charge in [0.2, 0.25) is 0 Å². The maximum Gasteiger partial charge on any atom is -0.000520 e. The van der Waals surface area contributed by atoms with E-state index in [9.17, 15) is 5.11 Å². The summed E-state index contributed by atoms with van der Waals surface area (Å²) in [5.74, 6) is 0. The minimum Gasteiger partial charge on any atom is -0.854 e. The molecule has 0 aliphatic rings. The molecule has 0 heterocycles. The first-order valence-electron chi connectivity index (χ1n) is 2.06. The Hall–Kier alpha value is 0.690. The van der Waals surface area contributed by atoms with Crippen molar-refractivity contribution in [2.24, 2.45) is 0 Å². The molecule has 0 aromatic heterocycles. The van der Waals surface area contributed by atoms with Crippen LogP contribution in [-0.2, 0) is 0 Å². The van der Waals surface area contributed by atoms with Crippen LogP contribution in [0, 0.1) is 0 Å². The summed E-state index contributed by atoms with van der Waals surface area (Å²) in [6.45, 7) is 0.100. The highest BCUT2D eigenvalue weighted by atomic mass is 127. The molecule has 6 heavy (non-hydrogen) atoms. The fourth-order valence-electron chi connectivity index (χ4n) is 0.197. The van der Waals surface area contributed by atoms with Crippen LogP contribution < -0.4 is 5.11 Å². The molecule has 0 atom stereocenters. The third-order valence-electron chi connectivity index (χ3n) is 0.528. The minimum atomic E-state index is 0.100. The van der Waals surface area contributed by atoms with E-state index in [0.29, 0.717) is 0 Å². The lowest BCUT2D eigenvalue weighted by atomic mass is 10.4. The van der Waals surface area contributed by atoms with Gasteiger partial charge in [0.1, 0.15) is 0 Å². The number of unbranched alkanes of at least 4 members (excludes halogenated alkanes) is 1. The van der Waals surface area contributed by atoms with E-state index in [-0.39, 0.29) is 6.61 Å². The maximum atomic E-state index is 9.69. The van der Waals surface area contributed by atoms with Crippen LogP contribution >= 0.6 is 22.6 Å². The maximum absolute atomic E-state index is 9.69. The van der Waals surface area contributed by atoms with Gasteiger partial charge in [-0.1, -0.05) is 29.0 Å². The molecule has 0 N–H and O–H groups in total. The van der Waals surface area contributed by atoms with E-state index in [1.165, 1.54) is 0 Å². The summed E-state index contributed by atoms with van der Waals surface area (Å²) >= 11 is 2.27. The van der Waals surface area contributed by atoms with Crippen molar-refractivity contribution in [2.45, 2.75) is 12.8 Å². The summed E-state index contributed by atoms with van der Waals surface area (Å²) in [5.41, 5.74) is 0. The van der Waals surface area contributed by atoms with E-state index in [1.54, 1.807) is 0 Å². The fourth-order valence-corrected chi connectivity index (χ4v) is 0.736. The first-order valence-corrected chi connectivity index (χ1v) is 3.58. The Balaban J connectivity index is 2.34. The number of hydrogen-bond acceptors (Lipinski definition) is 1. The average molecular weight is 199 g/mol. The molecule has 0 aliphatic heterocycles. The molecule has 2 heteroatoms. The lowest BCUT2D eigenvalue weighted by Gasteiger charge is -1.97. The third-order valence-corrected chi connectivity index (χ3v) is 1.29. The zero-order chi connectivity index (χ0) is 4.83. The van der Waals surface area contributed by atoms with Gasteiger partial charge in [0.15, 0.2) is 0 Å². The van der Waals surface area contributed by atoms with Crippen LogP contribution in [0.2, 0.25) is 0 Å². The predicted molar refractivity (Wildman–Crippen MR) is 33.0 cm³/mol. The molecular weight excluding hydrogens is 191 g/mol. The molecule has 0 spiro atoms. The Labute approximate surface area is 51.9 Å². The quantitative estimate of drug-likeness (QED) is 0.370. The van der Waals surface area contributed by atoms with Crippen molar-refractivity contribution in [3.8, 4) is 0 Å². The van der Waals surface area contributed by atoms with Crippen molar-refractivity contribution >= 4 is 22.6 Å². The molecule has 0 rings (SSSR count). The first-order chi connectivity index (χ1) is 2.91. The van der Waals surface area contributed by atoms with Crippen molar-refractivity contribution in [1.29, 1.82) is 0 Å². The van der Waals surface area contributed by atoms with Crippen LogP contribution in [0.4, 0.5) is 0 Å². The molecule has 38 valence electrons. The molecule has 0 aromatic carbocycles. The smallest absolute Gasteiger partial charge is 0.000520 e. The Morgan fingerprint density at radius 3 is 2.17 bits per heavy atom. The van der Waals surface area contributed by atoms with E-state index in [1.807, 2.05) is 0 Å². The second-order valence-corrected chi connectivity index (χ2v) is 2.18. The molecule has 0 amide bonds. The number of hydrogen-bond donors (Lipinski definition) is 0. The van der Waals surface area contributed by atoms with Gasteiger partial charge in [0.05, 0.1) is 0 Å². The van der Waals surface area contributed by atoms with Gasteiger partial charge in [-0.3, -0.25) is 0 Å². The van der Waals surface area contributed by atoms with Crippen LogP contribution in [0.5, 0.6) is 0 Å². The lowest BCUT2D eigenvalue weighted by Crippen LogP contribution is -2.04. The molecule has 0 radical (unpaired) electrons. The highest BCUT2D eigenvalue weighted by Gasteiger charge is 1.72. The summed E-state index contributed by atoms with van der Waals surface area (Å²) < 4.78 is 1.12. The van der Waals surface area contributed by atoms with Crippen molar-refractivity contribution < 1.29 is 5.11 Å². The molecular formula is C4H8IO-. The largest absolute Gasteiger partial charge is 0.854 e. The highest BCUT2D eigenvalue weighted by Crippen LogP contribution is 1.90. The summed E-state index contributed by atoms with van der Waals surface area (Å²) in [4.78, 5) is 0. The van der Waals surface area contributed by atoms with Gasteiger partial charge in [-0.25, -0.2) is 0 Å². The molecule has 0 aliphatic carbocycles. The summed E-state index contributed by atoms with van der Waals surface area (Å²) in [7, 11) is 0. The third kappa shape index (κ3) is 4.69. The Morgan fingerprint density at radius 1 is 1.33 bits per heavy atom. The van der Waals surface area contributed by atoms with Crippen LogP contribution in [0.1, 0.15) is 12.8 Å². The lowest BCUT2D eigenvalue weighted by molar-refractivity contribution is -0.368. The predicted octanol–water partition coefficient (Wildman–Crippen LogP) is 0.562. The van der Waals surface area contributed by atoms with Crippen molar-refractivity contribution in [3.05, 3.63) is 0 Å². The van der Waals surface area contributed by atoms with Crippen LogP contribution in [0.3, 0.4) is 0 Å². The van der Waals surface area contributed by atoms with Gasteiger partial charge in [0.25, 0.3) is 0 Å². The van der Waals surface area contributed by atoms with Crippen molar-refractivity contribution in [2.75, 3.05) is 11.0 Å². The van der Waals surface area contributed by atoms with Crippen LogP contribution in [0.15, 0.2) is 0 Å². The van der Waals surface area contributed by atoms with Gasteiger partial charge in [-0.2, -0.15) is 0 Å². The zero-order valence-corrected chi connectivity index (χ0v) is 5.77. The Kier molecular flexibility index (Phi) is 6.34. The van der Waals surface area contributed by atoms with E-state index in [0.717, 1.165) is 17.3 Å². The molecule has 0 saturated carbocycles. The Morgan fingerprint density at radius 2 is 2.00 bits per heavy atom. The van der Waals surface area contributed by atoms with E-state index < -0.39 is 0 Å². The van der Waals surface area contributed by atoms with Crippen LogP contribution in [0.25, 0.3) is 0 Å². The van der Waals surface area contributed by atoms with Crippen molar-refractivity contribution in [3.63, 3.8) is 0 Å². The number of rotatable bonds is 3. The van der Waals surface area contributed by atoms with Gasteiger partial charge in [-0.15, -0.1) is 6.61 Å². The second kappa shape index (κ2) is 5.69. The summed E-state index contributed by atoms with van der Waals surface area (Å²) in [5, 5.41) is 9.69. The van der Waals surface area contributed by atoms with E-state index in [4.69, 9.17) is 0 Å². The van der Waals surface area contributed by atoms with Gasteiger partial charge in [-0.05, 0) is 10.8 Å². The normalized spacial score (nSPS) is 9.00. The number of alkyl halides is 1. The standard InChI is InChI=1S/C4H8IO/c5-3-1-2-4-6/h1-4H2/q-1. The summed E-state index contributed by atoms with van der Waals surface area (Å²) in [6.07, 6.45) is 1.94. The van der Waals surface area contributed by atoms with Gasteiger partial charge >= 0.3 is 0 Å². The minimum absolute atomic E-state index is 0.100. The SMILES string of the molecule is [O-]CCCCI. The van der Waals surface area contributed by atoms with Crippen molar-refractivity contribution in [1.82, 2.24) is 0 Å².